The van der Waals surface area contributed by atoms with E-state index in [9.17, 15) is 15.0 Å². The second-order valence-corrected chi connectivity index (χ2v) is 4.84. The summed E-state index contributed by atoms with van der Waals surface area (Å²) in [6.07, 6.45) is 0.105. The SMILES string of the molecule is COc1cc(CC(=O)c2cc(OC)c(O)c(OC)c2)ccc1O. The van der Waals surface area contributed by atoms with E-state index in [0.29, 0.717) is 16.9 Å². The Bertz CT molecular complexity index is 698. The van der Waals surface area contributed by atoms with Gasteiger partial charge < -0.3 is 24.4 Å². The fourth-order valence-electron chi connectivity index (χ4n) is 2.17. The van der Waals surface area contributed by atoms with Gasteiger partial charge in [0.15, 0.2) is 28.8 Å². The first-order valence-electron chi connectivity index (χ1n) is 6.84. The summed E-state index contributed by atoms with van der Waals surface area (Å²) in [4.78, 5) is 12.5. The Kier molecular flexibility index (Phi) is 4.95. The molecule has 0 fully saturated rings. The third kappa shape index (κ3) is 3.48. The summed E-state index contributed by atoms with van der Waals surface area (Å²) < 4.78 is 15.1. The summed E-state index contributed by atoms with van der Waals surface area (Å²) in [6.45, 7) is 0. The number of Topliss-reactive ketones (excluding diaryl/α,β-unsaturated/α-hetero) is 1. The Labute approximate surface area is 133 Å². The first kappa shape index (κ1) is 16.5. The predicted octanol–water partition coefficient (Wildman–Crippen LogP) is 2.55. The van der Waals surface area contributed by atoms with Crippen molar-refractivity contribution in [3.63, 3.8) is 0 Å². The summed E-state index contributed by atoms with van der Waals surface area (Å²) in [6, 6.07) is 7.63. The third-order valence-corrected chi connectivity index (χ3v) is 3.41. The van der Waals surface area contributed by atoms with Crippen molar-refractivity contribution >= 4 is 5.78 Å². The van der Waals surface area contributed by atoms with Crippen LogP contribution in [-0.4, -0.2) is 37.3 Å². The van der Waals surface area contributed by atoms with Crippen LogP contribution in [0.5, 0.6) is 28.7 Å². The Morgan fingerprint density at radius 3 is 2.00 bits per heavy atom. The summed E-state index contributed by atoms with van der Waals surface area (Å²) in [5.41, 5.74) is 1.04. The lowest BCUT2D eigenvalue weighted by Crippen LogP contribution is -2.05. The van der Waals surface area contributed by atoms with Crippen molar-refractivity contribution in [3.8, 4) is 28.7 Å². The molecule has 0 bridgehead atoms. The van der Waals surface area contributed by atoms with Crippen molar-refractivity contribution < 1.29 is 29.2 Å². The van der Waals surface area contributed by atoms with Gasteiger partial charge >= 0.3 is 0 Å². The molecule has 0 amide bonds. The number of hydrogen-bond acceptors (Lipinski definition) is 6. The molecular formula is C17H18O6. The number of carbonyl (C=O) groups excluding carboxylic acids is 1. The molecule has 0 aromatic heterocycles. The molecule has 0 radical (unpaired) electrons. The summed E-state index contributed by atoms with van der Waals surface area (Å²) in [7, 11) is 4.23. The standard InChI is InChI=1S/C17H18O6/c1-21-14-7-10(4-5-12(14)18)6-13(19)11-8-15(22-2)17(20)16(9-11)23-3/h4-5,7-9,18,20H,6H2,1-3H3. The van der Waals surface area contributed by atoms with E-state index in [-0.39, 0.29) is 35.2 Å². The highest BCUT2D eigenvalue weighted by molar-refractivity contribution is 5.98. The highest BCUT2D eigenvalue weighted by atomic mass is 16.5. The van der Waals surface area contributed by atoms with Gasteiger partial charge in [0.05, 0.1) is 21.3 Å². The van der Waals surface area contributed by atoms with E-state index in [1.54, 1.807) is 12.1 Å². The molecule has 0 atom stereocenters. The van der Waals surface area contributed by atoms with Crippen LogP contribution in [-0.2, 0) is 6.42 Å². The van der Waals surface area contributed by atoms with E-state index in [0.717, 1.165) is 0 Å². The maximum Gasteiger partial charge on any atom is 0.200 e. The molecule has 2 aromatic carbocycles. The van der Waals surface area contributed by atoms with Gasteiger partial charge in [-0.3, -0.25) is 4.79 Å². The second-order valence-electron chi connectivity index (χ2n) is 4.84. The van der Waals surface area contributed by atoms with Gasteiger partial charge in [-0.15, -0.1) is 0 Å². The molecule has 23 heavy (non-hydrogen) atoms. The number of aromatic hydroxyl groups is 2. The number of hydrogen-bond donors (Lipinski definition) is 2. The minimum Gasteiger partial charge on any atom is -0.504 e. The molecule has 0 saturated carbocycles. The van der Waals surface area contributed by atoms with Gasteiger partial charge in [-0.2, -0.15) is 0 Å². The maximum absolute atomic E-state index is 12.5. The highest BCUT2D eigenvalue weighted by Crippen LogP contribution is 2.37. The Hall–Kier alpha value is -2.89. The van der Waals surface area contributed by atoms with Crippen LogP contribution in [0.15, 0.2) is 30.3 Å². The predicted molar refractivity (Wildman–Crippen MR) is 83.9 cm³/mol. The molecule has 0 spiro atoms. The van der Waals surface area contributed by atoms with Crippen LogP contribution >= 0.6 is 0 Å². The van der Waals surface area contributed by atoms with Crippen molar-refractivity contribution in [2.75, 3.05) is 21.3 Å². The zero-order valence-corrected chi connectivity index (χ0v) is 13.1. The lowest BCUT2D eigenvalue weighted by Gasteiger charge is -2.11. The van der Waals surface area contributed by atoms with E-state index in [2.05, 4.69) is 0 Å². The number of methoxy groups -OCH3 is 3. The van der Waals surface area contributed by atoms with Crippen molar-refractivity contribution in [2.45, 2.75) is 6.42 Å². The van der Waals surface area contributed by atoms with Crippen LogP contribution in [0.1, 0.15) is 15.9 Å². The van der Waals surface area contributed by atoms with E-state index in [1.165, 1.54) is 39.5 Å². The van der Waals surface area contributed by atoms with Crippen LogP contribution in [0.2, 0.25) is 0 Å². The molecule has 0 aliphatic rings. The number of ketones is 1. The van der Waals surface area contributed by atoms with Gasteiger partial charge in [0.25, 0.3) is 0 Å². The number of rotatable bonds is 6. The number of ether oxygens (including phenoxy) is 3. The quantitative estimate of drug-likeness (QED) is 0.796. The average molecular weight is 318 g/mol. The van der Waals surface area contributed by atoms with Gasteiger partial charge in [0, 0.05) is 12.0 Å². The Morgan fingerprint density at radius 1 is 0.913 bits per heavy atom. The molecule has 0 aliphatic carbocycles. The summed E-state index contributed by atoms with van der Waals surface area (Å²) >= 11 is 0. The first-order chi connectivity index (χ1) is 11.0. The number of benzene rings is 2. The van der Waals surface area contributed by atoms with E-state index in [1.807, 2.05) is 0 Å². The number of phenols is 2. The molecule has 122 valence electrons. The van der Waals surface area contributed by atoms with Crippen molar-refractivity contribution in [2.24, 2.45) is 0 Å². The smallest absolute Gasteiger partial charge is 0.200 e. The highest BCUT2D eigenvalue weighted by Gasteiger charge is 2.16. The van der Waals surface area contributed by atoms with Crippen LogP contribution < -0.4 is 14.2 Å². The molecule has 0 heterocycles. The lowest BCUT2D eigenvalue weighted by atomic mass is 10.0. The van der Waals surface area contributed by atoms with E-state index >= 15 is 0 Å². The molecule has 2 rings (SSSR count). The van der Waals surface area contributed by atoms with Gasteiger partial charge in [-0.25, -0.2) is 0 Å². The number of carbonyl (C=O) groups is 1. The summed E-state index contributed by atoms with van der Waals surface area (Å²) in [5.74, 6) is 0.298. The molecular weight excluding hydrogens is 300 g/mol. The van der Waals surface area contributed by atoms with Gasteiger partial charge in [-0.05, 0) is 29.8 Å². The van der Waals surface area contributed by atoms with Crippen LogP contribution in [0, 0.1) is 0 Å². The maximum atomic E-state index is 12.5. The van der Waals surface area contributed by atoms with E-state index < -0.39 is 0 Å². The largest absolute Gasteiger partial charge is 0.504 e. The van der Waals surface area contributed by atoms with Crippen molar-refractivity contribution in [1.29, 1.82) is 0 Å². The normalized spacial score (nSPS) is 10.2. The Balaban J connectivity index is 2.30. The monoisotopic (exact) mass is 318 g/mol. The van der Waals surface area contributed by atoms with Gasteiger partial charge in [0.1, 0.15) is 0 Å². The minimum absolute atomic E-state index is 0.0108. The van der Waals surface area contributed by atoms with Crippen molar-refractivity contribution in [1.82, 2.24) is 0 Å². The molecule has 0 aliphatic heterocycles. The topological polar surface area (TPSA) is 85.2 Å². The molecule has 6 heteroatoms. The molecule has 2 aromatic rings. The van der Waals surface area contributed by atoms with Crippen LogP contribution in [0.4, 0.5) is 0 Å². The average Bonchev–Trinajstić information content (AvgIpc) is 2.56. The zero-order chi connectivity index (χ0) is 17.0. The molecule has 6 nitrogen and oxygen atoms in total. The fourth-order valence-corrected chi connectivity index (χ4v) is 2.17. The van der Waals surface area contributed by atoms with Gasteiger partial charge in [-0.1, -0.05) is 6.07 Å². The lowest BCUT2D eigenvalue weighted by molar-refractivity contribution is 0.0992. The van der Waals surface area contributed by atoms with E-state index in [4.69, 9.17) is 14.2 Å². The number of phenolic OH excluding ortho intramolecular Hbond substituents is 2. The second kappa shape index (κ2) is 6.91. The molecule has 0 saturated heterocycles. The Morgan fingerprint density at radius 2 is 1.48 bits per heavy atom. The van der Waals surface area contributed by atoms with Gasteiger partial charge in [0.2, 0.25) is 5.75 Å². The molecule has 0 unspecified atom stereocenters. The summed E-state index contributed by atoms with van der Waals surface area (Å²) in [5, 5.41) is 19.5. The fraction of sp³-hybridized carbons (Fsp3) is 0.235. The minimum atomic E-state index is -0.186. The van der Waals surface area contributed by atoms with Crippen LogP contribution in [0.25, 0.3) is 0 Å². The first-order valence-corrected chi connectivity index (χ1v) is 6.84. The van der Waals surface area contributed by atoms with Crippen LogP contribution in [0.3, 0.4) is 0 Å². The van der Waals surface area contributed by atoms with Crippen molar-refractivity contribution in [3.05, 3.63) is 41.5 Å². The third-order valence-electron chi connectivity index (χ3n) is 3.41. The zero-order valence-electron chi connectivity index (χ0n) is 13.1. The molecule has 2 N–H and O–H groups in total.